The summed E-state index contributed by atoms with van der Waals surface area (Å²) >= 11 is 0. The normalized spacial score (nSPS) is 10.7. The fourth-order valence-electron chi connectivity index (χ4n) is 2.21. The van der Waals surface area contributed by atoms with Crippen molar-refractivity contribution in [1.29, 1.82) is 0 Å². The van der Waals surface area contributed by atoms with Gasteiger partial charge in [0.05, 0.1) is 0 Å². The van der Waals surface area contributed by atoms with Gasteiger partial charge in [-0.25, -0.2) is 0 Å². The zero-order valence-corrected chi connectivity index (χ0v) is 11.7. The van der Waals surface area contributed by atoms with Crippen LogP contribution in [0.15, 0.2) is 66.3 Å². The van der Waals surface area contributed by atoms with Gasteiger partial charge in [-0.2, -0.15) is 0 Å². The van der Waals surface area contributed by atoms with Crippen molar-refractivity contribution >= 4 is 5.57 Å². The van der Waals surface area contributed by atoms with Gasteiger partial charge in [0, 0.05) is 0 Å². The lowest BCUT2D eigenvalue weighted by Crippen LogP contribution is -1.91. The van der Waals surface area contributed by atoms with Crippen LogP contribution in [0.25, 0.3) is 5.57 Å². The minimum absolute atomic E-state index is 0.252. The lowest BCUT2D eigenvalue weighted by atomic mass is 9.93. The van der Waals surface area contributed by atoms with Crippen LogP contribution in [0.4, 0.5) is 0 Å². The van der Waals surface area contributed by atoms with Crippen molar-refractivity contribution in [3.05, 3.63) is 77.4 Å². The molecule has 20 heavy (non-hydrogen) atoms. The summed E-state index contributed by atoms with van der Waals surface area (Å²) in [5.41, 5.74) is 4.28. The molecule has 0 unspecified atom stereocenters. The monoisotopic (exact) mass is 266 g/mol. The highest BCUT2D eigenvalue weighted by atomic mass is 16.3. The summed E-state index contributed by atoms with van der Waals surface area (Å²) in [6.45, 7) is 4.03. The molecule has 2 aromatic rings. The van der Waals surface area contributed by atoms with Crippen molar-refractivity contribution in [2.75, 3.05) is 0 Å². The van der Waals surface area contributed by atoms with E-state index in [1.54, 1.807) is 24.3 Å². The maximum Gasteiger partial charge on any atom is 0.115 e. The van der Waals surface area contributed by atoms with E-state index in [-0.39, 0.29) is 11.5 Å². The van der Waals surface area contributed by atoms with Gasteiger partial charge in [-0.15, -0.1) is 0 Å². The molecule has 0 heterocycles. The van der Waals surface area contributed by atoms with E-state index in [2.05, 4.69) is 13.0 Å². The third-order valence-electron chi connectivity index (χ3n) is 3.12. The smallest absolute Gasteiger partial charge is 0.115 e. The lowest BCUT2D eigenvalue weighted by molar-refractivity contribution is 0.475. The van der Waals surface area contributed by atoms with E-state index in [0.29, 0.717) is 0 Å². The number of allylic oxidation sites excluding steroid dienone is 3. The Hall–Kier alpha value is -2.48. The first-order valence-corrected chi connectivity index (χ1v) is 6.54. The molecule has 0 aliphatic heterocycles. The number of phenolic OH excluding ortho intramolecular Hbond substituents is 2. The summed E-state index contributed by atoms with van der Waals surface area (Å²) in [4.78, 5) is 0. The van der Waals surface area contributed by atoms with Crippen molar-refractivity contribution in [2.45, 2.75) is 13.8 Å². The largest absolute Gasteiger partial charge is 0.508 e. The Balaban J connectivity index is 2.59. The minimum atomic E-state index is 0.252. The van der Waals surface area contributed by atoms with Crippen molar-refractivity contribution < 1.29 is 10.2 Å². The van der Waals surface area contributed by atoms with E-state index in [0.717, 1.165) is 22.3 Å². The summed E-state index contributed by atoms with van der Waals surface area (Å²) < 4.78 is 0. The molecule has 0 atom stereocenters. The van der Waals surface area contributed by atoms with Crippen LogP contribution in [0, 0.1) is 0 Å². The summed E-state index contributed by atoms with van der Waals surface area (Å²) in [7, 11) is 0. The highest BCUT2D eigenvalue weighted by Gasteiger charge is 2.08. The maximum absolute atomic E-state index is 9.42. The third kappa shape index (κ3) is 3.09. The number of rotatable bonds is 3. The molecule has 2 nitrogen and oxygen atoms in total. The highest BCUT2D eigenvalue weighted by molar-refractivity contribution is 5.83. The summed E-state index contributed by atoms with van der Waals surface area (Å²) in [5.74, 6) is 0.505. The fraction of sp³-hybridized carbons (Fsp3) is 0.111. The predicted octanol–water partition coefficient (Wildman–Crippen LogP) is 4.50. The molecule has 2 rings (SSSR count). The molecule has 2 aromatic carbocycles. The Kier molecular flexibility index (Phi) is 4.26. The SMILES string of the molecule is C/C=C/C(C)=C(c1ccc(O)cc1)c1ccc(O)cc1. The van der Waals surface area contributed by atoms with Crippen LogP contribution in [-0.2, 0) is 0 Å². The molecular weight excluding hydrogens is 248 g/mol. The van der Waals surface area contributed by atoms with E-state index in [9.17, 15) is 10.2 Å². The molecule has 0 amide bonds. The lowest BCUT2D eigenvalue weighted by Gasteiger charge is -2.12. The molecule has 0 aromatic heterocycles. The highest BCUT2D eigenvalue weighted by Crippen LogP contribution is 2.29. The topological polar surface area (TPSA) is 40.5 Å². The maximum atomic E-state index is 9.42. The molecular formula is C18H18O2. The van der Waals surface area contributed by atoms with E-state index in [4.69, 9.17) is 0 Å². The van der Waals surface area contributed by atoms with Crippen LogP contribution in [0.5, 0.6) is 11.5 Å². The third-order valence-corrected chi connectivity index (χ3v) is 3.12. The van der Waals surface area contributed by atoms with Crippen molar-refractivity contribution in [2.24, 2.45) is 0 Å². The molecule has 0 fully saturated rings. The molecule has 0 saturated carbocycles. The first-order chi connectivity index (χ1) is 9.61. The Morgan fingerprint density at radius 1 is 0.800 bits per heavy atom. The first kappa shape index (κ1) is 13.9. The Morgan fingerprint density at radius 2 is 1.20 bits per heavy atom. The zero-order valence-electron chi connectivity index (χ0n) is 11.7. The predicted molar refractivity (Wildman–Crippen MR) is 82.7 cm³/mol. The van der Waals surface area contributed by atoms with Gasteiger partial charge in [-0.1, -0.05) is 36.4 Å². The molecule has 0 saturated heterocycles. The number of benzene rings is 2. The van der Waals surface area contributed by atoms with Crippen molar-refractivity contribution in [3.8, 4) is 11.5 Å². The molecule has 0 aliphatic rings. The minimum Gasteiger partial charge on any atom is -0.508 e. The summed E-state index contributed by atoms with van der Waals surface area (Å²) in [5, 5.41) is 18.8. The molecule has 0 aliphatic carbocycles. The Morgan fingerprint density at radius 3 is 1.55 bits per heavy atom. The van der Waals surface area contributed by atoms with Crippen LogP contribution in [0.2, 0.25) is 0 Å². The average Bonchev–Trinajstić information content (AvgIpc) is 2.44. The summed E-state index contributed by atoms with van der Waals surface area (Å²) in [6.07, 6.45) is 4.05. The molecule has 2 N–H and O–H groups in total. The molecule has 0 radical (unpaired) electrons. The zero-order chi connectivity index (χ0) is 14.5. The Labute approximate surface area is 119 Å². The van der Waals surface area contributed by atoms with Gasteiger partial charge in [-0.3, -0.25) is 0 Å². The molecule has 0 bridgehead atoms. The number of aromatic hydroxyl groups is 2. The number of hydrogen-bond donors (Lipinski definition) is 2. The quantitative estimate of drug-likeness (QED) is 0.803. The average molecular weight is 266 g/mol. The fourth-order valence-corrected chi connectivity index (χ4v) is 2.21. The van der Waals surface area contributed by atoms with E-state index >= 15 is 0 Å². The molecule has 2 heteroatoms. The van der Waals surface area contributed by atoms with Crippen molar-refractivity contribution in [1.82, 2.24) is 0 Å². The molecule has 0 spiro atoms. The number of phenols is 2. The van der Waals surface area contributed by atoms with Crippen molar-refractivity contribution in [3.63, 3.8) is 0 Å². The second kappa shape index (κ2) is 6.11. The van der Waals surface area contributed by atoms with Gasteiger partial charge in [-0.05, 0) is 60.4 Å². The van der Waals surface area contributed by atoms with Gasteiger partial charge in [0.25, 0.3) is 0 Å². The van der Waals surface area contributed by atoms with E-state index < -0.39 is 0 Å². The first-order valence-electron chi connectivity index (χ1n) is 6.54. The van der Waals surface area contributed by atoms with Crippen LogP contribution < -0.4 is 0 Å². The van der Waals surface area contributed by atoms with Crippen LogP contribution in [-0.4, -0.2) is 10.2 Å². The molecule has 102 valence electrons. The van der Waals surface area contributed by atoms with E-state index in [1.165, 1.54) is 0 Å². The van der Waals surface area contributed by atoms with E-state index in [1.807, 2.05) is 37.3 Å². The van der Waals surface area contributed by atoms with Crippen LogP contribution in [0.3, 0.4) is 0 Å². The van der Waals surface area contributed by atoms with Gasteiger partial charge < -0.3 is 10.2 Å². The summed E-state index contributed by atoms with van der Waals surface area (Å²) in [6, 6.07) is 14.3. The van der Waals surface area contributed by atoms with Gasteiger partial charge >= 0.3 is 0 Å². The van der Waals surface area contributed by atoms with Gasteiger partial charge in [0.15, 0.2) is 0 Å². The standard InChI is InChI=1S/C18H18O2/c1-3-4-13(2)18(14-5-9-16(19)10-6-14)15-7-11-17(20)12-8-15/h3-12,19-20H,1-2H3/b4-3+. The van der Waals surface area contributed by atoms with Gasteiger partial charge in [0.1, 0.15) is 11.5 Å². The second-order valence-corrected chi connectivity index (χ2v) is 4.65. The number of hydrogen-bond acceptors (Lipinski definition) is 2. The Bertz CT molecular complexity index is 585. The van der Waals surface area contributed by atoms with Crippen LogP contribution >= 0.6 is 0 Å². The van der Waals surface area contributed by atoms with Gasteiger partial charge in [0.2, 0.25) is 0 Å². The van der Waals surface area contributed by atoms with Crippen LogP contribution in [0.1, 0.15) is 25.0 Å². The second-order valence-electron chi connectivity index (χ2n) is 4.65.